The van der Waals surface area contributed by atoms with E-state index in [9.17, 15) is 4.79 Å². The number of aryl methyl sites for hydroxylation is 1. The van der Waals surface area contributed by atoms with E-state index in [0.717, 1.165) is 24.2 Å². The lowest BCUT2D eigenvalue weighted by Crippen LogP contribution is -2.12. The number of carbonyl (C=O) groups excluding carboxylic acids is 1. The average molecular weight is 428 g/mol. The van der Waals surface area contributed by atoms with Crippen molar-refractivity contribution in [3.05, 3.63) is 46.7 Å². The summed E-state index contributed by atoms with van der Waals surface area (Å²) in [7, 11) is 0. The lowest BCUT2D eigenvalue weighted by molar-refractivity contribution is 0.0456. The quantitative estimate of drug-likeness (QED) is 0.437. The second-order valence-corrected chi connectivity index (χ2v) is 7.95. The number of para-hydroxylation sites is 1. The fourth-order valence-electron chi connectivity index (χ4n) is 2.51. The number of rotatable bonds is 9. The van der Waals surface area contributed by atoms with E-state index in [1.807, 2.05) is 31.2 Å². The standard InChI is InChI=1S/C20H25N7O2S/c1-12(2)8-9-22-20-24-15(11-30-20)17(28)29-10-16-25-18(21)27-19(26-16)23-14-7-5-4-6-13(14)3/h4-7,11-12H,8-10H2,1-3H3,(H,22,24)(H3,21,23,25,26,27). The molecule has 2 aromatic heterocycles. The van der Waals surface area contributed by atoms with Crippen molar-refractivity contribution in [3.63, 3.8) is 0 Å². The van der Waals surface area contributed by atoms with Gasteiger partial charge in [-0.1, -0.05) is 32.0 Å². The van der Waals surface area contributed by atoms with E-state index in [4.69, 9.17) is 10.5 Å². The Bertz CT molecular complexity index is 1010. The Hall–Kier alpha value is -3.27. The lowest BCUT2D eigenvalue weighted by Gasteiger charge is -2.09. The van der Waals surface area contributed by atoms with Gasteiger partial charge in [-0.2, -0.15) is 15.0 Å². The number of thiazole rings is 1. The van der Waals surface area contributed by atoms with Gasteiger partial charge in [0.25, 0.3) is 0 Å². The number of nitrogens with two attached hydrogens (primary N) is 1. The first-order valence-corrected chi connectivity index (χ1v) is 10.5. The highest BCUT2D eigenvalue weighted by atomic mass is 32.1. The Morgan fingerprint density at radius 1 is 1.20 bits per heavy atom. The predicted molar refractivity (Wildman–Crippen MR) is 118 cm³/mol. The molecule has 0 saturated heterocycles. The van der Waals surface area contributed by atoms with Crippen LogP contribution in [-0.2, 0) is 11.3 Å². The van der Waals surface area contributed by atoms with Gasteiger partial charge in [-0.25, -0.2) is 9.78 Å². The average Bonchev–Trinajstić information content (AvgIpc) is 3.16. The zero-order valence-electron chi connectivity index (χ0n) is 17.2. The summed E-state index contributed by atoms with van der Waals surface area (Å²) in [5.74, 6) is 0.624. The molecule has 0 aliphatic carbocycles. The van der Waals surface area contributed by atoms with Gasteiger partial charge < -0.3 is 21.1 Å². The van der Waals surface area contributed by atoms with Crippen LogP contribution in [0.1, 0.15) is 42.1 Å². The molecule has 0 unspecified atom stereocenters. The van der Waals surface area contributed by atoms with Crippen molar-refractivity contribution >= 4 is 40.0 Å². The summed E-state index contributed by atoms with van der Waals surface area (Å²) in [4.78, 5) is 29.0. The van der Waals surface area contributed by atoms with Gasteiger partial charge in [-0.05, 0) is 30.9 Å². The van der Waals surface area contributed by atoms with E-state index >= 15 is 0 Å². The molecule has 0 fully saturated rings. The third-order valence-corrected chi connectivity index (χ3v) is 4.93. The minimum absolute atomic E-state index is 0.0393. The molecule has 0 spiro atoms. The van der Waals surface area contributed by atoms with E-state index in [1.54, 1.807) is 5.38 Å². The molecule has 0 amide bonds. The number of carbonyl (C=O) groups is 1. The third kappa shape index (κ3) is 6.11. The number of hydrogen-bond acceptors (Lipinski definition) is 10. The van der Waals surface area contributed by atoms with Gasteiger partial charge in [0.2, 0.25) is 11.9 Å². The summed E-state index contributed by atoms with van der Waals surface area (Å²) in [5, 5.41) is 8.66. The van der Waals surface area contributed by atoms with Crippen LogP contribution in [0.5, 0.6) is 0 Å². The number of anilines is 4. The zero-order valence-corrected chi connectivity index (χ0v) is 18.0. The number of benzene rings is 1. The van der Waals surface area contributed by atoms with Crippen LogP contribution in [0, 0.1) is 12.8 Å². The van der Waals surface area contributed by atoms with Crippen molar-refractivity contribution in [1.82, 2.24) is 19.9 Å². The molecule has 3 rings (SSSR count). The SMILES string of the molecule is Cc1ccccc1Nc1nc(N)nc(COC(=O)c2csc(NCCC(C)C)n2)n1. The molecule has 0 radical (unpaired) electrons. The molecule has 158 valence electrons. The van der Waals surface area contributed by atoms with Crippen LogP contribution < -0.4 is 16.4 Å². The Kier molecular flexibility index (Phi) is 7.12. The fourth-order valence-corrected chi connectivity index (χ4v) is 3.22. The van der Waals surface area contributed by atoms with Crippen LogP contribution in [0.15, 0.2) is 29.6 Å². The van der Waals surface area contributed by atoms with Gasteiger partial charge in [-0.15, -0.1) is 11.3 Å². The lowest BCUT2D eigenvalue weighted by atomic mass is 10.1. The minimum Gasteiger partial charge on any atom is -0.453 e. The normalized spacial score (nSPS) is 10.8. The maximum Gasteiger partial charge on any atom is 0.358 e. The molecule has 2 heterocycles. The van der Waals surface area contributed by atoms with Crippen LogP contribution in [0.25, 0.3) is 0 Å². The Balaban J connectivity index is 1.59. The molecule has 0 saturated carbocycles. The van der Waals surface area contributed by atoms with Gasteiger partial charge in [0.15, 0.2) is 23.3 Å². The van der Waals surface area contributed by atoms with Crippen LogP contribution >= 0.6 is 11.3 Å². The van der Waals surface area contributed by atoms with Gasteiger partial charge in [-0.3, -0.25) is 0 Å². The second-order valence-electron chi connectivity index (χ2n) is 7.10. The fraction of sp³-hybridized carbons (Fsp3) is 0.350. The largest absolute Gasteiger partial charge is 0.453 e. The number of ether oxygens (including phenoxy) is 1. The topological polar surface area (TPSA) is 128 Å². The molecule has 0 aliphatic heterocycles. The molecule has 10 heteroatoms. The van der Waals surface area contributed by atoms with Crippen molar-refractivity contribution in [2.75, 3.05) is 22.9 Å². The van der Waals surface area contributed by atoms with E-state index in [-0.39, 0.29) is 30.0 Å². The number of nitrogens with zero attached hydrogens (tertiary/aromatic N) is 4. The maximum atomic E-state index is 12.3. The molecule has 1 aromatic carbocycles. The number of esters is 1. The molecule has 9 nitrogen and oxygen atoms in total. The monoisotopic (exact) mass is 427 g/mol. The van der Waals surface area contributed by atoms with E-state index in [0.29, 0.717) is 11.0 Å². The summed E-state index contributed by atoms with van der Waals surface area (Å²) >= 11 is 1.36. The summed E-state index contributed by atoms with van der Waals surface area (Å²) in [6.45, 7) is 6.95. The highest BCUT2D eigenvalue weighted by molar-refractivity contribution is 7.13. The van der Waals surface area contributed by atoms with Crippen LogP contribution in [-0.4, -0.2) is 32.4 Å². The van der Waals surface area contributed by atoms with Crippen LogP contribution in [0.2, 0.25) is 0 Å². The molecule has 0 atom stereocenters. The Labute approximate surface area is 179 Å². The van der Waals surface area contributed by atoms with E-state index < -0.39 is 5.97 Å². The van der Waals surface area contributed by atoms with Crippen molar-refractivity contribution in [2.24, 2.45) is 5.92 Å². The smallest absolute Gasteiger partial charge is 0.358 e. The zero-order chi connectivity index (χ0) is 21.5. The molecular formula is C20H25N7O2S. The molecule has 4 N–H and O–H groups in total. The molecular weight excluding hydrogens is 402 g/mol. The second kappa shape index (κ2) is 9.97. The number of hydrogen-bond donors (Lipinski definition) is 3. The van der Waals surface area contributed by atoms with Gasteiger partial charge >= 0.3 is 5.97 Å². The highest BCUT2D eigenvalue weighted by Crippen LogP contribution is 2.19. The number of aromatic nitrogens is 4. The number of nitrogen functional groups attached to an aromatic ring is 1. The van der Waals surface area contributed by atoms with Crippen molar-refractivity contribution in [3.8, 4) is 0 Å². The molecule has 0 bridgehead atoms. The van der Waals surface area contributed by atoms with Crippen LogP contribution in [0.3, 0.4) is 0 Å². The van der Waals surface area contributed by atoms with Crippen molar-refractivity contribution in [1.29, 1.82) is 0 Å². The summed E-state index contributed by atoms with van der Waals surface area (Å²) < 4.78 is 5.30. The van der Waals surface area contributed by atoms with Gasteiger partial charge in [0.05, 0.1) is 0 Å². The van der Waals surface area contributed by atoms with Gasteiger partial charge in [0.1, 0.15) is 0 Å². The minimum atomic E-state index is -0.546. The first-order valence-electron chi connectivity index (χ1n) is 9.60. The molecule has 30 heavy (non-hydrogen) atoms. The number of nitrogens with one attached hydrogen (secondary N) is 2. The summed E-state index contributed by atoms with van der Waals surface area (Å²) in [5.41, 5.74) is 7.91. The van der Waals surface area contributed by atoms with Crippen LogP contribution in [0.4, 0.5) is 22.7 Å². The third-order valence-electron chi connectivity index (χ3n) is 4.13. The Morgan fingerprint density at radius 3 is 2.77 bits per heavy atom. The first kappa shape index (κ1) is 21.4. The van der Waals surface area contributed by atoms with E-state index in [2.05, 4.69) is 44.4 Å². The Morgan fingerprint density at radius 2 is 2.00 bits per heavy atom. The molecule has 3 aromatic rings. The van der Waals surface area contributed by atoms with Crippen molar-refractivity contribution in [2.45, 2.75) is 33.8 Å². The molecule has 0 aliphatic rings. The maximum absolute atomic E-state index is 12.3. The van der Waals surface area contributed by atoms with E-state index in [1.165, 1.54) is 11.3 Å². The summed E-state index contributed by atoms with van der Waals surface area (Å²) in [6, 6.07) is 7.72. The summed E-state index contributed by atoms with van der Waals surface area (Å²) in [6.07, 6.45) is 1.03. The highest BCUT2D eigenvalue weighted by Gasteiger charge is 2.14. The van der Waals surface area contributed by atoms with Gasteiger partial charge in [0, 0.05) is 17.6 Å². The first-order chi connectivity index (χ1) is 14.4. The van der Waals surface area contributed by atoms with Crippen molar-refractivity contribution < 1.29 is 9.53 Å². The predicted octanol–water partition coefficient (Wildman–Crippen LogP) is 3.78.